The Bertz CT molecular complexity index is 355. The molecule has 80 valence electrons. The summed E-state index contributed by atoms with van der Waals surface area (Å²) in [4.78, 5) is 0. The monoisotopic (exact) mass is 205 g/mol. The van der Waals surface area contributed by atoms with Gasteiger partial charge < -0.3 is 9.47 Å². The molecule has 0 N–H and O–H groups in total. The first-order valence-electron chi connectivity index (χ1n) is 4.90. The van der Waals surface area contributed by atoms with Crippen LogP contribution < -0.4 is 4.74 Å². The molecule has 0 atom stereocenters. The van der Waals surface area contributed by atoms with Crippen LogP contribution in [0.5, 0.6) is 5.75 Å². The van der Waals surface area contributed by atoms with Crippen LogP contribution in [0.1, 0.15) is 17.5 Å². The van der Waals surface area contributed by atoms with E-state index in [1.165, 1.54) is 0 Å². The van der Waals surface area contributed by atoms with Crippen LogP contribution in [-0.4, -0.2) is 20.3 Å². The lowest BCUT2D eigenvalue weighted by Crippen LogP contribution is -2.02. The zero-order chi connectivity index (χ0) is 11.1. The smallest absolute Gasteiger partial charge is 0.137 e. The lowest BCUT2D eigenvalue weighted by molar-refractivity contribution is 0.172. The Morgan fingerprint density at radius 1 is 1.33 bits per heavy atom. The van der Waals surface area contributed by atoms with Crippen molar-refractivity contribution in [3.8, 4) is 11.8 Å². The van der Waals surface area contributed by atoms with Gasteiger partial charge in [0, 0.05) is 20.1 Å². The third-order valence-electron chi connectivity index (χ3n) is 2.01. The van der Waals surface area contributed by atoms with Gasteiger partial charge >= 0.3 is 0 Å². The molecule has 0 bridgehead atoms. The fourth-order valence-electron chi connectivity index (χ4n) is 1.24. The molecule has 3 heteroatoms. The number of rotatable bonds is 5. The maximum Gasteiger partial charge on any atom is 0.137 e. The van der Waals surface area contributed by atoms with Crippen molar-refractivity contribution in [1.29, 1.82) is 5.26 Å². The number of nitrogens with zero attached hydrogens (tertiary/aromatic N) is 1. The second kappa shape index (κ2) is 6.05. The summed E-state index contributed by atoms with van der Waals surface area (Å²) >= 11 is 0. The molecular weight excluding hydrogens is 190 g/mol. The molecule has 0 heterocycles. The molecule has 0 amide bonds. The van der Waals surface area contributed by atoms with Gasteiger partial charge in [-0.05, 0) is 24.6 Å². The maximum atomic E-state index is 8.89. The first-order chi connectivity index (χ1) is 7.27. The predicted octanol–water partition coefficient (Wildman–Crippen LogP) is 2.28. The second-order valence-corrected chi connectivity index (χ2v) is 3.31. The van der Waals surface area contributed by atoms with Crippen molar-refractivity contribution in [2.45, 2.75) is 13.3 Å². The predicted molar refractivity (Wildman–Crippen MR) is 57.9 cm³/mol. The Balaban J connectivity index is 2.57. The molecule has 0 spiro atoms. The van der Waals surface area contributed by atoms with Crippen molar-refractivity contribution in [2.75, 3.05) is 20.3 Å². The Morgan fingerprint density at radius 3 is 2.80 bits per heavy atom. The summed E-state index contributed by atoms with van der Waals surface area (Å²) in [6, 6.07) is 7.72. The topological polar surface area (TPSA) is 42.2 Å². The molecule has 0 fully saturated rings. The maximum absolute atomic E-state index is 8.89. The summed E-state index contributed by atoms with van der Waals surface area (Å²) in [5, 5.41) is 8.89. The molecule has 0 unspecified atom stereocenters. The minimum Gasteiger partial charge on any atom is -0.492 e. The Kier molecular flexibility index (Phi) is 4.65. The minimum absolute atomic E-state index is 0.575. The van der Waals surface area contributed by atoms with Gasteiger partial charge in [0.15, 0.2) is 0 Å². The lowest BCUT2D eigenvalue weighted by atomic mass is 10.1. The Hall–Kier alpha value is -1.53. The van der Waals surface area contributed by atoms with E-state index in [0.717, 1.165) is 12.0 Å². The number of aryl methyl sites for hydroxylation is 1. The van der Waals surface area contributed by atoms with Gasteiger partial charge in [0.25, 0.3) is 0 Å². The van der Waals surface area contributed by atoms with Crippen molar-refractivity contribution in [2.24, 2.45) is 0 Å². The number of ether oxygens (including phenoxy) is 2. The normalized spacial score (nSPS) is 9.67. The molecule has 0 aliphatic carbocycles. The number of hydrogen-bond acceptors (Lipinski definition) is 3. The van der Waals surface area contributed by atoms with E-state index in [9.17, 15) is 0 Å². The fourth-order valence-corrected chi connectivity index (χ4v) is 1.24. The summed E-state index contributed by atoms with van der Waals surface area (Å²) < 4.78 is 10.4. The molecule has 1 aromatic carbocycles. The SMILES string of the molecule is COCCCOc1ccc(C)cc1C#N. The van der Waals surface area contributed by atoms with Crippen molar-refractivity contribution in [1.82, 2.24) is 0 Å². The van der Waals surface area contributed by atoms with E-state index in [2.05, 4.69) is 6.07 Å². The standard InChI is InChI=1S/C12H15NO2/c1-10-4-5-12(11(8-10)9-13)15-7-3-6-14-2/h4-5,8H,3,6-7H2,1-2H3. The van der Waals surface area contributed by atoms with Gasteiger partial charge in [0.1, 0.15) is 11.8 Å². The van der Waals surface area contributed by atoms with E-state index < -0.39 is 0 Å². The third-order valence-corrected chi connectivity index (χ3v) is 2.01. The molecule has 0 saturated heterocycles. The van der Waals surface area contributed by atoms with Gasteiger partial charge in [-0.2, -0.15) is 5.26 Å². The van der Waals surface area contributed by atoms with Crippen LogP contribution in [0, 0.1) is 18.3 Å². The third kappa shape index (κ3) is 3.61. The lowest BCUT2D eigenvalue weighted by Gasteiger charge is -2.07. The van der Waals surface area contributed by atoms with Gasteiger partial charge in [-0.25, -0.2) is 0 Å². The van der Waals surface area contributed by atoms with Gasteiger partial charge in [0.2, 0.25) is 0 Å². The molecule has 0 aliphatic heterocycles. The van der Waals surface area contributed by atoms with Gasteiger partial charge in [-0.3, -0.25) is 0 Å². The van der Waals surface area contributed by atoms with E-state index in [-0.39, 0.29) is 0 Å². The first-order valence-corrected chi connectivity index (χ1v) is 4.90. The minimum atomic E-state index is 0.575. The molecule has 1 rings (SSSR count). The van der Waals surface area contributed by atoms with Crippen molar-refractivity contribution in [3.63, 3.8) is 0 Å². The van der Waals surface area contributed by atoms with E-state index in [1.54, 1.807) is 7.11 Å². The average molecular weight is 205 g/mol. The quantitative estimate of drug-likeness (QED) is 0.692. The summed E-state index contributed by atoms with van der Waals surface area (Å²) in [6.07, 6.45) is 0.829. The highest BCUT2D eigenvalue weighted by atomic mass is 16.5. The summed E-state index contributed by atoms with van der Waals surface area (Å²) in [6.45, 7) is 3.20. The molecule has 15 heavy (non-hydrogen) atoms. The van der Waals surface area contributed by atoms with E-state index in [1.807, 2.05) is 25.1 Å². The van der Waals surface area contributed by atoms with Crippen molar-refractivity contribution < 1.29 is 9.47 Å². The summed E-state index contributed by atoms with van der Waals surface area (Å²) in [5.41, 5.74) is 1.66. The van der Waals surface area contributed by atoms with Crippen LogP contribution in [0.2, 0.25) is 0 Å². The largest absolute Gasteiger partial charge is 0.492 e. The highest BCUT2D eigenvalue weighted by molar-refractivity contribution is 5.45. The zero-order valence-corrected chi connectivity index (χ0v) is 9.12. The van der Waals surface area contributed by atoms with Crippen LogP contribution >= 0.6 is 0 Å². The van der Waals surface area contributed by atoms with Gasteiger partial charge in [0.05, 0.1) is 12.2 Å². The average Bonchev–Trinajstić information content (AvgIpc) is 2.26. The number of methoxy groups -OCH3 is 1. The van der Waals surface area contributed by atoms with Crippen molar-refractivity contribution >= 4 is 0 Å². The van der Waals surface area contributed by atoms with E-state index in [0.29, 0.717) is 24.5 Å². The van der Waals surface area contributed by atoms with Crippen molar-refractivity contribution in [3.05, 3.63) is 29.3 Å². The Labute approximate surface area is 90.2 Å². The van der Waals surface area contributed by atoms with Crippen LogP contribution in [0.15, 0.2) is 18.2 Å². The molecule has 0 radical (unpaired) electrons. The second-order valence-electron chi connectivity index (χ2n) is 3.31. The summed E-state index contributed by atoms with van der Waals surface area (Å²) in [7, 11) is 1.66. The van der Waals surface area contributed by atoms with Crippen LogP contribution in [0.25, 0.3) is 0 Å². The highest BCUT2D eigenvalue weighted by Crippen LogP contribution is 2.18. The molecular formula is C12H15NO2. The number of hydrogen-bond donors (Lipinski definition) is 0. The van der Waals surface area contributed by atoms with Gasteiger partial charge in [-0.1, -0.05) is 6.07 Å². The number of benzene rings is 1. The Morgan fingerprint density at radius 2 is 2.13 bits per heavy atom. The first kappa shape index (κ1) is 11.5. The highest BCUT2D eigenvalue weighted by Gasteiger charge is 2.02. The van der Waals surface area contributed by atoms with Gasteiger partial charge in [-0.15, -0.1) is 0 Å². The molecule has 0 aromatic heterocycles. The molecule has 3 nitrogen and oxygen atoms in total. The molecule has 0 aliphatic rings. The van der Waals surface area contributed by atoms with Crippen LogP contribution in [0.3, 0.4) is 0 Å². The van der Waals surface area contributed by atoms with Crippen LogP contribution in [-0.2, 0) is 4.74 Å². The van der Waals surface area contributed by atoms with E-state index >= 15 is 0 Å². The molecule has 0 saturated carbocycles. The van der Waals surface area contributed by atoms with Crippen LogP contribution in [0.4, 0.5) is 0 Å². The fraction of sp³-hybridized carbons (Fsp3) is 0.417. The zero-order valence-electron chi connectivity index (χ0n) is 9.12. The number of nitriles is 1. The molecule has 1 aromatic rings. The summed E-state index contributed by atoms with van der Waals surface area (Å²) in [5.74, 6) is 0.652. The van der Waals surface area contributed by atoms with E-state index in [4.69, 9.17) is 14.7 Å².